The van der Waals surface area contributed by atoms with Gasteiger partial charge in [-0.3, -0.25) is 9.78 Å². The second-order valence-corrected chi connectivity index (χ2v) is 8.67. The number of likely N-dealkylation sites (tertiary alicyclic amines) is 2. The van der Waals surface area contributed by atoms with Crippen LogP contribution in [0, 0.1) is 0 Å². The van der Waals surface area contributed by atoms with Crippen molar-refractivity contribution in [2.75, 3.05) is 26.2 Å². The summed E-state index contributed by atoms with van der Waals surface area (Å²) in [6.45, 7) is 8.27. The number of hydrogen-bond acceptors (Lipinski definition) is 5. The Balaban J connectivity index is 1.26. The lowest BCUT2D eigenvalue weighted by molar-refractivity contribution is 0.0706. The lowest BCUT2D eigenvalue weighted by Gasteiger charge is -2.34. The summed E-state index contributed by atoms with van der Waals surface area (Å²) in [5.74, 6) is 1.44. The summed E-state index contributed by atoms with van der Waals surface area (Å²) in [4.78, 5) is 25.1. The molecule has 0 saturated carbocycles. The second-order valence-electron chi connectivity index (χ2n) is 8.67. The molecule has 1 aromatic carbocycles. The average molecular weight is 409 g/mol. The summed E-state index contributed by atoms with van der Waals surface area (Å²) in [6, 6.07) is 9.24. The van der Waals surface area contributed by atoms with Gasteiger partial charge in [-0.1, -0.05) is 12.1 Å². The smallest absolute Gasteiger partial charge is 0.274 e. The number of nitrogens with zero attached hydrogens (tertiary/aromatic N) is 4. The highest BCUT2D eigenvalue weighted by Gasteiger charge is 2.26. The molecule has 2 aliphatic rings. The molecule has 160 valence electrons. The van der Waals surface area contributed by atoms with Crippen LogP contribution >= 0.6 is 0 Å². The van der Waals surface area contributed by atoms with Crippen molar-refractivity contribution in [3.05, 3.63) is 54.1 Å². The van der Waals surface area contributed by atoms with Crippen LogP contribution in [0.2, 0.25) is 0 Å². The van der Waals surface area contributed by atoms with Crippen LogP contribution in [0.15, 0.2) is 42.9 Å². The first kappa shape index (κ1) is 20.8. The average Bonchev–Trinajstić information content (AvgIpc) is 2.80. The molecule has 30 heavy (non-hydrogen) atoms. The van der Waals surface area contributed by atoms with E-state index in [9.17, 15) is 4.79 Å². The molecular weight excluding hydrogens is 376 g/mol. The van der Waals surface area contributed by atoms with Gasteiger partial charge in [-0.2, -0.15) is 0 Å². The van der Waals surface area contributed by atoms with Crippen molar-refractivity contribution < 1.29 is 9.53 Å². The third kappa shape index (κ3) is 4.98. The molecule has 0 atom stereocenters. The zero-order valence-corrected chi connectivity index (χ0v) is 18.0. The van der Waals surface area contributed by atoms with E-state index in [-0.39, 0.29) is 5.91 Å². The van der Waals surface area contributed by atoms with Crippen LogP contribution < -0.4 is 4.74 Å². The Bertz CT molecular complexity index is 809. The number of aromatic nitrogens is 2. The number of piperidine rings is 2. The number of carbonyl (C=O) groups is 1. The molecule has 2 saturated heterocycles. The van der Waals surface area contributed by atoms with Gasteiger partial charge >= 0.3 is 0 Å². The van der Waals surface area contributed by atoms with Gasteiger partial charge in [0, 0.05) is 44.6 Å². The van der Waals surface area contributed by atoms with Crippen molar-refractivity contribution in [2.24, 2.45) is 0 Å². The largest absolute Gasteiger partial charge is 0.490 e. The number of carbonyl (C=O) groups excluding carboxylic acids is 1. The molecule has 0 aliphatic carbocycles. The third-order valence-corrected chi connectivity index (χ3v) is 6.43. The van der Waals surface area contributed by atoms with Crippen molar-refractivity contribution in [2.45, 2.75) is 57.6 Å². The van der Waals surface area contributed by atoms with Gasteiger partial charge in [0.2, 0.25) is 0 Å². The first-order valence-electron chi connectivity index (χ1n) is 11.2. The van der Waals surface area contributed by atoms with E-state index in [1.54, 1.807) is 18.6 Å². The highest BCUT2D eigenvalue weighted by atomic mass is 16.5. The quantitative estimate of drug-likeness (QED) is 0.754. The maximum absolute atomic E-state index is 12.5. The first-order chi connectivity index (χ1) is 14.6. The number of hydrogen-bond donors (Lipinski definition) is 0. The van der Waals surface area contributed by atoms with Gasteiger partial charge in [0.1, 0.15) is 17.5 Å². The molecule has 2 fully saturated rings. The van der Waals surface area contributed by atoms with Crippen molar-refractivity contribution in [3.8, 4) is 5.75 Å². The minimum Gasteiger partial charge on any atom is -0.490 e. The summed E-state index contributed by atoms with van der Waals surface area (Å²) in [6.07, 6.45) is 9.15. The Hall–Kier alpha value is -2.47. The van der Waals surface area contributed by atoms with Crippen LogP contribution in [0.3, 0.4) is 0 Å². The van der Waals surface area contributed by atoms with E-state index in [2.05, 4.69) is 53.0 Å². The monoisotopic (exact) mass is 408 g/mol. The Kier molecular flexibility index (Phi) is 6.62. The van der Waals surface area contributed by atoms with Crippen LogP contribution in [0.4, 0.5) is 0 Å². The molecule has 2 aliphatic heterocycles. The first-order valence-corrected chi connectivity index (χ1v) is 11.2. The predicted octanol–water partition coefficient (Wildman–Crippen LogP) is 3.75. The van der Waals surface area contributed by atoms with Gasteiger partial charge in [0.05, 0.1) is 6.20 Å². The molecule has 4 rings (SSSR count). The molecular formula is C24H32N4O2. The zero-order chi connectivity index (χ0) is 20.9. The zero-order valence-electron chi connectivity index (χ0n) is 18.0. The molecule has 2 aromatic rings. The topological polar surface area (TPSA) is 58.6 Å². The molecule has 0 unspecified atom stereocenters. The van der Waals surface area contributed by atoms with Gasteiger partial charge in [-0.25, -0.2) is 4.98 Å². The van der Waals surface area contributed by atoms with Crippen LogP contribution in [0.25, 0.3) is 0 Å². The summed E-state index contributed by atoms with van der Waals surface area (Å²) in [7, 11) is 0. The number of benzene rings is 1. The Labute approximate surface area is 179 Å². The van der Waals surface area contributed by atoms with Crippen LogP contribution in [0.1, 0.15) is 61.5 Å². The SMILES string of the molecule is CC(C)N1CCC(Oc2ccc(C3CCN(C(=O)c4cnccn4)CC3)cc2)CC1. The van der Waals surface area contributed by atoms with Crippen molar-refractivity contribution in [3.63, 3.8) is 0 Å². The lowest BCUT2D eigenvalue weighted by atomic mass is 9.89. The van der Waals surface area contributed by atoms with Gasteiger partial charge in [0.25, 0.3) is 5.91 Å². The van der Waals surface area contributed by atoms with Crippen LogP contribution in [-0.4, -0.2) is 64.0 Å². The van der Waals surface area contributed by atoms with Crippen molar-refractivity contribution in [1.29, 1.82) is 0 Å². The van der Waals surface area contributed by atoms with E-state index >= 15 is 0 Å². The number of rotatable bonds is 5. The summed E-state index contributed by atoms with van der Waals surface area (Å²) in [5, 5.41) is 0. The molecule has 3 heterocycles. The van der Waals surface area contributed by atoms with E-state index in [4.69, 9.17) is 4.74 Å². The molecule has 0 bridgehead atoms. The van der Waals surface area contributed by atoms with Crippen LogP contribution in [0.5, 0.6) is 5.75 Å². The van der Waals surface area contributed by atoms with Crippen LogP contribution in [-0.2, 0) is 0 Å². The van der Waals surface area contributed by atoms with Crippen molar-refractivity contribution >= 4 is 5.91 Å². The fourth-order valence-corrected chi connectivity index (χ4v) is 4.51. The van der Waals surface area contributed by atoms with E-state index in [0.717, 1.165) is 57.6 Å². The Morgan fingerprint density at radius 3 is 2.30 bits per heavy atom. The van der Waals surface area contributed by atoms with Gasteiger partial charge in [0.15, 0.2) is 0 Å². The fourth-order valence-electron chi connectivity index (χ4n) is 4.51. The lowest BCUT2D eigenvalue weighted by Crippen LogP contribution is -2.41. The van der Waals surface area contributed by atoms with Gasteiger partial charge in [-0.15, -0.1) is 0 Å². The maximum Gasteiger partial charge on any atom is 0.274 e. The number of amides is 1. The van der Waals surface area contributed by atoms with E-state index in [1.807, 2.05) is 4.90 Å². The van der Waals surface area contributed by atoms with Crippen molar-refractivity contribution in [1.82, 2.24) is 19.8 Å². The molecule has 1 amide bonds. The Morgan fingerprint density at radius 1 is 1.00 bits per heavy atom. The van der Waals surface area contributed by atoms with E-state index in [1.165, 1.54) is 5.56 Å². The minimum atomic E-state index is -0.0196. The summed E-state index contributed by atoms with van der Waals surface area (Å²) >= 11 is 0. The standard InChI is InChI=1S/C24H32N4O2/c1-18(2)27-15-9-22(10-16-27)30-21-5-3-19(4-6-21)20-7-13-28(14-8-20)24(29)23-17-25-11-12-26-23/h3-6,11-12,17-18,20,22H,7-10,13-16H2,1-2H3. The normalized spacial score (nSPS) is 19.2. The van der Waals surface area contributed by atoms with E-state index in [0.29, 0.717) is 23.8 Å². The highest BCUT2D eigenvalue weighted by molar-refractivity contribution is 5.92. The molecule has 0 spiro atoms. The minimum absolute atomic E-state index is 0.0196. The fraction of sp³-hybridized carbons (Fsp3) is 0.542. The second kappa shape index (κ2) is 9.56. The van der Waals surface area contributed by atoms with Gasteiger partial charge in [-0.05, 0) is 63.1 Å². The molecule has 6 heteroatoms. The molecule has 0 radical (unpaired) electrons. The molecule has 1 aromatic heterocycles. The number of ether oxygens (including phenoxy) is 1. The maximum atomic E-state index is 12.5. The summed E-state index contributed by atoms with van der Waals surface area (Å²) < 4.78 is 6.23. The summed E-state index contributed by atoms with van der Waals surface area (Å²) in [5.41, 5.74) is 1.76. The highest BCUT2D eigenvalue weighted by Crippen LogP contribution is 2.30. The third-order valence-electron chi connectivity index (χ3n) is 6.43. The predicted molar refractivity (Wildman–Crippen MR) is 117 cm³/mol. The van der Waals surface area contributed by atoms with E-state index < -0.39 is 0 Å². The Morgan fingerprint density at radius 2 is 1.70 bits per heavy atom. The molecule has 6 nitrogen and oxygen atoms in total. The van der Waals surface area contributed by atoms with Gasteiger partial charge < -0.3 is 14.5 Å². The molecule has 0 N–H and O–H groups in total.